The first-order valence-electron chi connectivity index (χ1n) is 18.0. The highest BCUT2D eigenvalue weighted by Crippen LogP contribution is 2.40. The molecule has 4 aromatic carbocycles. The molecule has 0 spiro atoms. The number of unbranched alkanes of at least 4 members (excludes halogenated alkanes) is 2. The number of hydrogen-bond acceptors (Lipinski definition) is 6. The Bertz CT molecular complexity index is 2060. The average Bonchev–Trinajstić information content (AvgIpc) is 3.89. The van der Waals surface area contributed by atoms with Gasteiger partial charge in [-0.1, -0.05) is 142 Å². The van der Waals surface area contributed by atoms with Gasteiger partial charge in [0.2, 0.25) is 5.82 Å². The van der Waals surface area contributed by atoms with E-state index < -0.39 is 5.54 Å². The third kappa shape index (κ3) is 6.67. The van der Waals surface area contributed by atoms with Crippen LogP contribution >= 0.6 is 0 Å². The molecular formula is C42H42N8O2. The maximum Gasteiger partial charge on any atom is 0.329 e. The third-order valence-corrected chi connectivity index (χ3v) is 9.57. The van der Waals surface area contributed by atoms with E-state index in [4.69, 9.17) is 15.3 Å². The second-order valence-electron chi connectivity index (χ2n) is 13.0. The number of imidazole rings is 1. The number of tetrazole rings is 1. The highest BCUT2D eigenvalue weighted by atomic mass is 16.2. The Labute approximate surface area is 303 Å². The standard InChI is InChI=1S/C42H42N8O2/c1-3-5-22-38-43-29-36(28-37-40(51)44-41(52)48(37)27-6-4-2)49(38)30-31-23-25-32(26-24-31)39-45-47-50(46-39)42(33-16-10-7-11-17-33,34-18-12-8-13-19-34)35-20-14-9-15-21-35/h7-21,23-26,28-29H,3-6,22,27,30H2,1-2H3,(H,44,51,52)/b37-28-. The van der Waals surface area contributed by atoms with Gasteiger partial charge in [-0.05, 0) is 46.4 Å². The number of urea groups is 1. The van der Waals surface area contributed by atoms with Gasteiger partial charge in [-0.25, -0.2) is 9.78 Å². The zero-order valence-electron chi connectivity index (χ0n) is 29.5. The van der Waals surface area contributed by atoms with Crippen LogP contribution in [0.1, 0.15) is 73.3 Å². The van der Waals surface area contributed by atoms with Gasteiger partial charge in [-0.2, -0.15) is 0 Å². The van der Waals surface area contributed by atoms with E-state index in [1.165, 1.54) is 4.90 Å². The number of nitrogens with one attached hydrogen (secondary N) is 1. The lowest BCUT2D eigenvalue weighted by Gasteiger charge is -2.34. The predicted octanol–water partition coefficient (Wildman–Crippen LogP) is 7.46. The Balaban J connectivity index is 1.22. The van der Waals surface area contributed by atoms with E-state index in [1.807, 2.05) is 66.7 Å². The third-order valence-electron chi connectivity index (χ3n) is 9.57. The molecule has 10 heteroatoms. The molecule has 0 unspecified atom stereocenters. The van der Waals surface area contributed by atoms with E-state index in [0.29, 0.717) is 24.6 Å². The van der Waals surface area contributed by atoms with Crippen molar-refractivity contribution in [3.8, 4) is 11.4 Å². The van der Waals surface area contributed by atoms with Crippen molar-refractivity contribution in [1.29, 1.82) is 0 Å². The van der Waals surface area contributed by atoms with Gasteiger partial charge in [0, 0.05) is 25.1 Å². The highest BCUT2D eigenvalue weighted by Gasteiger charge is 2.41. The molecule has 1 aliphatic heterocycles. The minimum atomic E-state index is -0.858. The maximum atomic E-state index is 12.8. The van der Waals surface area contributed by atoms with Crippen molar-refractivity contribution in [1.82, 2.24) is 40.0 Å². The monoisotopic (exact) mass is 690 g/mol. The highest BCUT2D eigenvalue weighted by molar-refractivity contribution is 6.13. The number of nitrogens with zero attached hydrogens (tertiary/aromatic N) is 7. The van der Waals surface area contributed by atoms with Crippen molar-refractivity contribution in [2.24, 2.45) is 0 Å². The van der Waals surface area contributed by atoms with Crippen LogP contribution in [0.3, 0.4) is 0 Å². The van der Waals surface area contributed by atoms with Crippen LogP contribution in [-0.2, 0) is 23.3 Å². The Morgan fingerprint density at radius 3 is 1.92 bits per heavy atom. The minimum Gasteiger partial charge on any atom is -0.324 e. The van der Waals surface area contributed by atoms with Crippen molar-refractivity contribution in [2.45, 2.75) is 58.0 Å². The Morgan fingerprint density at radius 2 is 1.35 bits per heavy atom. The van der Waals surface area contributed by atoms with Crippen LogP contribution in [0.2, 0.25) is 0 Å². The number of amides is 3. The summed E-state index contributed by atoms with van der Waals surface area (Å²) < 4.78 is 2.13. The number of hydrogen-bond donors (Lipinski definition) is 1. The summed E-state index contributed by atoms with van der Waals surface area (Å²) in [5.41, 5.74) is 5.21. The average molecular weight is 691 g/mol. The zero-order chi connectivity index (χ0) is 35.9. The second kappa shape index (κ2) is 15.4. The van der Waals surface area contributed by atoms with Crippen molar-refractivity contribution in [3.05, 3.63) is 161 Å². The molecule has 0 bridgehead atoms. The first kappa shape index (κ1) is 34.3. The SMILES string of the molecule is CCCCc1ncc(/C=C2/C(=O)NC(=O)N2CCCC)n1Cc1ccc(-c2nnn(C(c3ccccc3)(c3ccccc3)c3ccccc3)n2)cc1. The van der Waals surface area contributed by atoms with Crippen LogP contribution in [0.5, 0.6) is 0 Å². The Kier molecular flexibility index (Phi) is 10.1. The first-order chi connectivity index (χ1) is 25.5. The summed E-state index contributed by atoms with van der Waals surface area (Å²) >= 11 is 0. The number of benzene rings is 4. The molecule has 0 aliphatic carbocycles. The summed E-state index contributed by atoms with van der Waals surface area (Å²) in [4.78, 5) is 33.4. The zero-order valence-corrected chi connectivity index (χ0v) is 29.5. The summed E-state index contributed by atoms with van der Waals surface area (Å²) in [5.74, 6) is 1.07. The van der Waals surface area contributed by atoms with Gasteiger partial charge < -0.3 is 4.57 Å². The Hall–Kier alpha value is -6.16. The molecule has 1 aliphatic rings. The lowest BCUT2D eigenvalue weighted by atomic mass is 9.77. The second-order valence-corrected chi connectivity index (χ2v) is 13.0. The van der Waals surface area contributed by atoms with Crippen molar-refractivity contribution < 1.29 is 9.59 Å². The van der Waals surface area contributed by atoms with Crippen molar-refractivity contribution in [3.63, 3.8) is 0 Å². The van der Waals surface area contributed by atoms with Crippen LogP contribution in [-0.4, -0.2) is 53.1 Å². The van der Waals surface area contributed by atoms with Crippen molar-refractivity contribution >= 4 is 18.0 Å². The fourth-order valence-corrected chi connectivity index (χ4v) is 6.84. The molecule has 3 heterocycles. The molecule has 1 saturated heterocycles. The number of carbonyl (C=O) groups is 2. The maximum absolute atomic E-state index is 12.8. The number of rotatable bonds is 14. The molecule has 6 aromatic rings. The van der Waals surface area contributed by atoms with Gasteiger partial charge in [-0.3, -0.25) is 15.0 Å². The van der Waals surface area contributed by atoms with E-state index in [9.17, 15) is 9.59 Å². The number of aromatic nitrogens is 6. The van der Waals surface area contributed by atoms with Crippen LogP contribution in [0, 0.1) is 0 Å². The normalized spacial score (nSPS) is 14.0. The lowest BCUT2D eigenvalue weighted by molar-refractivity contribution is -0.116. The van der Waals surface area contributed by atoms with Gasteiger partial charge in [0.25, 0.3) is 5.91 Å². The van der Waals surface area contributed by atoms with Gasteiger partial charge in [-0.15, -0.1) is 15.0 Å². The fourth-order valence-electron chi connectivity index (χ4n) is 6.84. The molecule has 10 nitrogen and oxygen atoms in total. The van der Waals surface area contributed by atoms with Gasteiger partial charge in [0.15, 0.2) is 5.54 Å². The fraction of sp³-hybridized carbons (Fsp3) is 0.238. The summed E-state index contributed by atoms with van der Waals surface area (Å²) in [5, 5.41) is 16.8. The molecule has 3 amide bonds. The van der Waals surface area contributed by atoms with E-state index in [2.05, 4.69) is 77.4 Å². The summed E-state index contributed by atoms with van der Waals surface area (Å²) in [7, 11) is 0. The molecule has 0 saturated carbocycles. The lowest BCUT2D eigenvalue weighted by Crippen LogP contribution is -2.39. The first-order valence-corrected chi connectivity index (χ1v) is 18.0. The molecule has 1 fully saturated rings. The molecule has 2 aromatic heterocycles. The van der Waals surface area contributed by atoms with Crippen LogP contribution in [0.4, 0.5) is 4.79 Å². The molecule has 262 valence electrons. The molecular weight excluding hydrogens is 649 g/mol. The molecule has 52 heavy (non-hydrogen) atoms. The molecule has 0 atom stereocenters. The largest absolute Gasteiger partial charge is 0.329 e. The molecule has 0 radical (unpaired) electrons. The van der Waals surface area contributed by atoms with E-state index >= 15 is 0 Å². The van der Waals surface area contributed by atoms with Gasteiger partial charge >= 0.3 is 6.03 Å². The Morgan fingerprint density at radius 1 is 0.750 bits per heavy atom. The predicted molar refractivity (Wildman–Crippen MR) is 201 cm³/mol. The van der Waals surface area contributed by atoms with E-state index in [-0.39, 0.29) is 11.9 Å². The smallest absolute Gasteiger partial charge is 0.324 e. The number of carbonyl (C=O) groups excluding carboxylic acids is 2. The topological polar surface area (TPSA) is 111 Å². The van der Waals surface area contributed by atoms with Crippen LogP contribution < -0.4 is 5.32 Å². The summed E-state index contributed by atoms with van der Waals surface area (Å²) in [6.07, 6.45) is 8.13. The number of imide groups is 1. The van der Waals surface area contributed by atoms with Gasteiger partial charge in [0.05, 0.1) is 11.9 Å². The molecule has 7 rings (SSSR count). The van der Waals surface area contributed by atoms with E-state index in [0.717, 1.165) is 71.4 Å². The summed E-state index contributed by atoms with van der Waals surface area (Å²) in [6.45, 7) is 5.25. The van der Waals surface area contributed by atoms with Crippen LogP contribution in [0.25, 0.3) is 17.5 Å². The summed E-state index contributed by atoms with van der Waals surface area (Å²) in [6, 6.07) is 38.6. The van der Waals surface area contributed by atoms with Gasteiger partial charge in [0.1, 0.15) is 11.5 Å². The quantitative estimate of drug-likeness (QED) is 0.0722. The van der Waals surface area contributed by atoms with E-state index in [1.54, 1.807) is 17.1 Å². The van der Waals surface area contributed by atoms with Crippen molar-refractivity contribution in [2.75, 3.05) is 6.54 Å². The van der Waals surface area contributed by atoms with Crippen LogP contribution in [0.15, 0.2) is 127 Å². The minimum absolute atomic E-state index is 0.351. The molecule has 1 N–H and O–H groups in total. The number of aryl methyl sites for hydroxylation is 1.